The van der Waals surface area contributed by atoms with E-state index in [1.54, 1.807) is 9.80 Å². The third-order valence-corrected chi connectivity index (χ3v) is 7.75. The average molecular weight is 549 g/mol. The Balaban J connectivity index is 1.41. The molecule has 1 atom stereocenters. The minimum atomic E-state index is -1.00. The van der Waals surface area contributed by atoms with Crippen molar-refractivity contribution in [2.24, 2.45) is 11.8 Å². The fourth-order valence-corrected chi connectivity index (χ4v) is 5.59. The van der Waals surface area contributed by atoms with Crippen molar-refractivity contribution in [3.05, 3.63) is 29.3 Å². The molecular formula is C29H42N4O6. The molecule has 39 heavy (non-hydrogen) atoms. The molecule has 0 spiro atoms. The van der Waals surface area contributed by atoms with E-state index < -0.39 is 23.5 Å². The van der Waals surface area contributed by atoms with E-state index in [1.165, 1.54) is 18.1 Å². The predicted molar refractivity (Wildman–Crippen MR) is 146 cm³/mol. The SMILES string of the molecule is [3H]CN1Cc2c(cc([3H])c(C(=O)N3CCC(C4CCN(C(=O)OC(C)(C)C)CC4)CC3)c2[3H])N[C@@H](CC(=O)OC)C1=O. The Labute approximate surface area is 235 Å². The predicted octanol–water partition coefficient (Wildman–Crippen LogP) is 3.50. The highest BCUT2D eigenvalue weighted by atomic mass is 16.6. The maximum Gasteiger partial charge on any atom is 0.410 e. The monoisotopic (exact) mass is 548 g/mol. The van der Waals surface area contributed by atoms with Gasteiger partial charge in [-0.1, -0.05) is 0 Å². The van der Waals surface area contributed by atoms with Gasteiger partial charge in [0.05, 0.1) is 16.3 Å². The summed E-state index contributed by atoms with van der Waals surface area (Å²) in [5, 5.41) is 2.96. The Morgan fingerprint density at radius 3 is 2.26 bits per heavy atom. The van der Waals surface area contributed by atoms with E-state index in [0.29, 0.717) is 49.3 Å². The van der Waals surface area contributed by atoms with Gasteiger partial charge < -0.3 is 29.5 Å². The normalized spacial score (nSPS) is 22.2. The minimum Gasteiger partial charge on any atom is -0.469 e. The number of carbonyl (C=O) groups excluding carboxylic acids is 4. The van der Waals surface area contributed by atoms with Crippen LogP contribution < -0.4 is 5.32 Å². The summed E-state index contributed by atoms with van der Waals surface area (Å²) >= 11 is 0. The molecule has 1 N–H and O–H groups in total. The average Bonchev–Trinajstić information content (AvgIpc) is 3.08. The van der Waals surface area contributed by atoms with E-state index in [2.05, 4.69) is 5.32 Å². The smallest absolute Gasteiger partial charge is 0.410 e. The van der Waals surface area contributed by atoms with E-state index in [9.17, 15) is 19.2 Å². The van der Waals surface area contributed by atoms with Gasteiger partial charge in [0.1, 0.15) is 11.6 Å². The lowest BCUT2D eigenvalue weighted by atomic mass is 9.79. The number of hydrogen-bond acceptors (Lipinski definition) is 7. The molecule has 1 aromatic carbocycles. The molecule has 10 heteroatoms. The zero-order valence-corrected chi connectivity index (χ0v) is 23.4. The van der Waals surface area contributed by atoms with E-state index in [1.807, 2.05) is 20.8 Å². The molecule has 10 nitrogen and oxygen atoms in total. The number of amides is 3. The molecule has 214 valence electrons. The summed E-state index contributed by atoms with van der Waals surface area (Å²) in [6.07, 6.45) is 2.88. The first kappa shape index (κ1) is 24.7. The number of benzene rings is 1. The van der Waals surface area contributed by atoms with Crippen LogP contribution in [-0.4, -0.2) is 90.5 Å². The second-order valence-corrected chi connectivity index (χ2v) is 11.6. The van der Waals surface area contributed by atoms with Crippen LogP contribution in [-0.2, 0) is 25.6 Å². The van der Waals surface area contributed by atoms with E-state index in [0.717, 1.165) is 25.7 Å². The summed E-state index contributed by atoms with van der Waals surface area (Å²) in [6.45, 7) is 7.85. The van der Waals surface area contributed by atoms with Gasteiger partial charge in [0.15, 0.2) is 0 Å². The van der Waals surface area contributed by atoms with Gasteiger partial charge in [-0.25, -0.2) is 4.79 Å². The Morgan fingerprint density at radius 2 is 1.69 bits per heavy atom. The van der Waals surface area contributed by atoms with Crippen LogP contribution in [0.25, 0.3) is 0 Å². The van der Waals surface area contributed by atoms with Gasteiger partial charge >= 0.3 is 12.1 Å². The van der Waals surface area contributed by atoms with Crippen molar-refractivity contribution in [1.82, 2.24) is 14.7 Å². The summed E-state index contributed by atoms with van der Waals surface area (Å²) in [4.78, 5) is 55.5. The van der Waals surface area contributed by atoms with Crippen molar-refractivity contribution in [2.45, 2.75) is 71.1 Å². The first-order valence-corrected chi connectivity index (χ1v) is 13.6. The largest absolute Gasteiger partial charge is 0.469 e. The molecule has 2 saturated heterocycles. The number of hydrogen-bond donors (Lipinski definition) is 1. The van der Waals surface area contributed by atoms with Gasteiger partial charge in [-0.2, -0.15) is 0 Å². The number of likely N-dealkylation sites (N-methyl/N-ethyl adjacent to an activating group) is 1. The number of likely N-dealkylation sites (tertiary alicyclic amines) is 2. The number of esters is 1. The molecule has 3 heterocycles. The fraction of sp³-hybridized carbons (Fsp3) is 0.655. The summed E-state index contributed by atoms with van der Waals surface area (Å²) in [7, 11) is 0.840. The van der Waals surface area contributed by atoms with Crippen LogP contribution >= 0.6 is 0 Å². The first-order chi connectivity index (χ1) is 19.8. The number of nitrogens with zero attached hydrogens (tertiary/aromatic N) is 3. The molecule has 0 aromatic heterocycles. The van der Waals surface area contributed by atoms with Gasteiger partial charge in [0.2, 0.25) is 5.91 Å². The van der Waals surface area contributed by atoms with Crippen LogP contribution in [0, 0.1) is 11.8 Å². The van der Waals surface area contributed by atoms with Crippen LogP contribution in [0.1, 0.15) is 72.9 Å². The maximum atomic E-state index is 13.6. The summed E-state index contributed by atoms with van der Waals surface area (Å²) in [5.41, 5.74) is 0.123. The third-order valence-electron chi connectivity index (χ3n) is 7.75. The Kier molecular flexibility index (Phi) is 7.50. The number of piperidine rings is 2. The van der Waals surface area contributed by atoms with Crippen molar-refractivity contribution in [3.8, 4) is 0 Å². The van der Waals surface area contributed by atoms with Crippen LogP contribution in [0.3, 0.4) is 0 Å². The molecule has 0 aliphatic carbocycles. The van der Waals surface area contributed by atoms with E-state index >= 15 is 0 Å². The second kappa shape index (κ2) is 11.8. The highest BCUT2D eigenvalue weighted by molar-refractivity contribution is 5.96. The van der Waals surface area contributed by atoms with Crippen molar-refractivity contribution in [3.63, 3.8) is 0 Å². The summed E-state index contributed by atoms with van der Waals surface area (Å²) in [5.74, 6) is -0.575. The van der Waals surface area contributed by atoms with Crippen LogP contribution in [0.2, 0.25) is 0 Å². The maximum absolute atomic E-state index is 13.6. The zero-order chi connectivity index (χ0) is 30.8. The zero-order valence-electron chi connectivity index (χ0n) is 26.4. The summed E-state index contributed by atoms with van der Waals surface area (Å²) < 4.78 is 35.5. The van der Waals surface area contributed by atoms with Gasteiger partial charge in [-0.15, -0.1) is 0 Å². The van der Waals surface area contributed by atoms with E-state index in [-0.39, 0.29) is 49.6 Å². The highest BCUT2D eigenvalue weighted by Gasteiger charge is 2.34. The number of carbonyl (C=O) groups is 4. The highest BCUT2D eigenvalue weighted by Crippen LogP contribution is 2.34. The first-order valence-electron chi connectivity index (χ1n) is 15.3. The standard InChI is InChI=1S/C29H42N4O6/c1-29(2,3)39-28(37)33-14-10-20(11-15-33)19-8-12-32(13-9-19)26(35)21-6-7-23-22(16-21)18-31(4)27(36)24(30-23)17-25(34)38-5/h6-7,16,19-20,24,30H,8-15,17-18H2,1-5H3/t24-/m0/s1/i4T,6T,16T. The van der Waals surface area contributed by atoms with E-state index in [4.69, 9.17) is 13.6 Å². The molecule has 0 bridgehead atoms. The van der Waals surface area contributed by atoms with Crippen molar-refractivity contribution in [2.75, 3.05) is 45.6 Å². The van der Waals surface area contributed by atoms with Gasteiger partial charge in [0.25, 0.3) is 5.91 Å². The summed E-state index contributed by atoms with van der Waals surface area (Å²) in [6, 6.07) is 0.157. The lowest BCUT2D eigenvalue weighted by Crippen LogP contribution is -2.45. The number of rotatable bonds is 4. The topological polar surface area (TPSA) is 108 Å². The number of nitrogens with one attached hydrogen (secondary N) is 1. The van der Waals surface area contributed by atoms with Gasteiger partial charge in [0, 0.05) is 52.4 Å². The van der Waals surface area contributed by atoms with Crippen LogP contribution in [0.15, 0.2) is 18.2 Å². The molecule has 0 unspecified atom stereocenters. The number of ether oxygens (including phenoxy) is 2. The number of fused-ring (bicyclic) bond motifs is 1. The fourth-order valence-electron chi connectivity index (χ4n) is 5.59. The second-order valence-electron chi connectivity index (χ2n) is 11.6. The Bertz CT molecular complexity index is 1210. The van der Waals surface area contributed by atoms with Gasteiger partial charge in [-0.3, -0.25) is 14.4 Å². The molecular weight excluding hydrogens is 500 g/mol. The van der Waals surface area contributed by atoms with Crippen LogP contribution in [0.4, 0.5) is 10.5 Å². The molecule has 3 aliphatic heterocycles. The van der Waals surface area contributed by atoms with Crippen molar-refractivity contribution in [1.29, 1.82) is 0 Å². The quantitative estimate of drug-likeness (QED) is 0.574. The molecule has 3 aliphatic rings. The van der Waals surface area contributed by atoms with Gasteiger partial charge in [-0.05, 0) is 82.0 Å². The third kappa shape index (κ3) is 7.02. The Morgan fingerprint density at radius 1 is 1.08 bits per heavy atom. The molecule has 2 fully saturated rings. The number of anilines is 1. The molecule has 0 saturated carbocycles. The molecule has 4 rings (SSSR count). The lowest BCUT2D eigenvalue weighted by Gasteiger charge is -2.40. The molecule has 1 aromatic rings. The minimum absolute atomic E-state index is 0.0246. The van der Waals surface area contributed by atoms with Crippen molar-refractivity contribution < 1.29 is 32.8 Å². The molecule has 3 amide bonds. The van der Waals surface area contributed by atoms with Crippen molar-refractivity contribution >= 4 is 29.6 Å². The number of methoxy groups -OCH3 is 1. The Hall–Kier alpha value is -3.30. The lowest BCUT2D eigenvalue weighted by molar-refractivity contribution is -0.143. The molecule has 0 radical (unpaired) electrons. The van der Waals surface area contributed by atoms with Crippen LogP contribution in [0.5, 0.6) is 0 Å².